The molecule has 0 aliphatic carbocycles. The van der Waals surface area contributed by atoms with E-state index in [0.717, 1.165) is 25.2 Å². The van der Waals surface area contributed by atoms with E-state index >= 15 is 0 Å². The molecule has 35 heavy (non-hydrogen) atoms. The molecule has 1 fully saturated rings. The van der Waals surface area contributed by atoms with Crippen molar-refractivity contribution < 1.29 is 13.9 Å². The number of H-pyrrole nitrogens is 1. The van der Waals surface area contributed by atoms with Crippen molar-refractivity contribution in [2.24, 2.45) is 0 Å². The van der Waals surface area contributed by atoms with E-state index in [1.54, 1.807) is 18.2 Å². The van der Waals surface area contributed by atoms with Gasteiger partial charge in [-0.15, -0.1) is 10.2 Å². The first-order valence-electron chi connectivity index (χ1n) is 11.8. The van der Waals surface area contributed by atoms with Gasteiger partial charge in [-0.3, -0.25) is 14.5 Å². The summed E-state index contributed by atoms with van der Waals surface area (Å²) in [7, 11) is 0. The van der Waals surface area contributed by atoms with Crippen molar-refractivity contribution >= 4 is 5.91 Å². The first-order valence-corrected chi connectivity index (χ1v) is 11.8. The third-order valence-corrected chi connectivity index (χ3v) is 5.86. The maximum atomic E-state index is 13.1. The molecule has 4 rings (SSSR count). The number of piperazine rings is 1. The lowest BCUT2D eigenvalue weighted by atomic mass is 10.1. The van der Waals surface area contributed by atoms with Gasteiger partial charge in [-0.1, -0.05) is 24.3 Å². The summed E-state index contributed by atoms with van der Waals surface area (Å²) in [6.45, 7) is 7.35. The summed E-state index contributed by atoms with van der Waals surface area (Å²) in [6.07, 6.45) is 0.466. The summed E-state index contributed by atoms with van der Waals surface area (Å²) >= 11 is 0. The normalized spacial score (nSPS) is 14.3. The molecule has 2 aromatic carbocycles. The lowest BCUT2D eigenvalue weighted by molar-refractivity contribution is -0.133. The van der Waals surface area contributed by atoms with Gasteiger partial charge in [0.15, 0.2) is 5.82 Å². The summed E-state index contributed by atoms with van der Waals surface area (Å²) in [4.78, 5) is 32.1. The molecule has 0 atom stereocenters. The van der Waals surface area contributed by atoms with E-state index in [2.05, 4.69) is 20.1 Å². The number of amides is 1. The first kappa shape index (κ1) is 24.5. The summed E-state index contributed by atoms with van der Waals surface area (Å²) in [5, 5.41) is 8.25. The number of ether oxygens (including phenoxy) is 1. The van der Waals surface area contributed by atoms with Crippen LogP contribution in [0.3, 0.4) is 0 Å². The van der Waals surface area contributed by atoms with Gasteiger partial charge < -0.3 is 14.6 Å². The van der Waals surface area contributed by atoms with Crippen LogP contribution in [0.15, 0.2) is 53.3 Å². The Morgan fingerprint density at radius 3 is 2.51 bits per heavy atom. The molecular weight excluding hydrogens is 449 g/mol. The second-order valence-electron chi connectivity index (χ2n) is 8.93. The fraction of sp³-hybridized carbons (Fsp3) is 0.385. The van der Waals surface area contributed by atoms with E-state index in [0.29, 0.717) is 30.2 Å². The van der Waals surface area contributed by atoms with Gasteiger partial charge in [0.05, 0.1) is 6.10 Å². The number of aromatic nitrogens is 3. The molecule has 184 valence electrons. The summed E-state index contributed by atoms with van der Waals surface area (Å²) in [6, 6.07) is 13.8. The molecule has 1 saturated heterocycles. The number of rotatable bonds is 8. The predicted octanol–water partition coefficient (Wildman–Crippen LogP) is 3.04. The highest BCUT2D eigenvalue weighted by Gasteiger charge is 2.21. The highest BCUT2D eigenvalue weighted by Crippen LogP contribution is 2.21. The minimum Gasteiger partial charge on any atom is -0.491 e. The van der Waals surface area contributed by atoms with Gasteiger partial charge in [0, 0.05) is 51.1 Å². The molecule has 0 bridgehead atoms. The molecule has 1 aromatic heterocycles. The molecule has 3 aromatic rings. The van der Waals surface area contributed by atoms with Crippen molar-refractivity contribution in [3.63, 3.8) is 0 Å². The van der Waals surface area contributed by atoms with E-state index in [1.165, 1.54) is 12.1 Å². The molecule has 0 spiro atoms. The maximum Gasteiger partial charge on any atom is 0.273 e. The van der Waals surface area contributed by atoms with Gasteiger partial charge in [0.25, 0.3) is 5.56 Å². The number of hydrogen-bond donors (Lipinski definition) is 1. The van der Waals surface area contributed by atoms with Crippen LogP contribution in [-0.4, -0.2) is 63.2 Å². The molecule has 0 saturated carbocycles. The Hall–Kier alpha value is -3.59. The van der Waals surface area contributed by atoms with Crippen LogP contribution < -0.4 is 10.3 Å². The largest absolute Gasteiger partial charge is 0.491 e. The zero-order valence-corrected chi connectivity index (χ0v) is 20.0. The molecule has 1 aliphatic heterocycles. The molecule has 1 aliphatic rings. The Morgan fingerprint density at radius 2 is 1.83 bits per heavy atom. The van der Waals surface area contributed by atoms with Crippen LogP contribution in [0.4, 0.5) is 4.39 Å². The van der Waals surface area contributed by atoms with Crippen molar-refractivity contribution in [2.45, 2.75) is 39.3 Å². The number of carbonyl (C=O) groups is 1. The van der Waals surface area contributed by atoms with Crippen LogP contribution >= 0.6 is 0 Å². The van der Waals surface area contributed by atoms with Gasteiger partial charge in [-0.2, -0.15) is 0 Å². The summed E-state index contributed by atoms with van der Waals surface area (Å²) < 4.78 is 18.8. The van der Waals surface area contributed by atoms with Crippen LogP contribution in [0.5, 0.6) is 5.75 Å². The fourth-order valence-electron chi connectivity index (χ4n) is 4.03. The zero-order valence-electron chi connectivity index (χ0n) is 20.0. The lowest BCUT2D eigenvalue weighted by Gasteiger charge is -2.34. The molecule has 0 radical (unpaired) electrons. The zero-order chi connectivity index (χ0) is 24.8. The van der Waals surface area contributed by atoms with Crippen molar-refractivity contribution in [3.05, 3.63) is 76.0 Å². The van der Waals surface area contributed by atoms with Gasteiger partial charge in [0.2, 0.25) is 5.91 Å². The van der Waals surface area contributed by atoms with Crippen LogP contribution in [0.25, 0.3) is 11.4 Å². The third kappa shape index (κ3) is 6.73. The van der Waals surface area contributed by atoms with Gasteiger partial charge in [-0.25, -0.2) is 4.39 Å². The Kier molecular flexibility index (Phi) is 7.87. The monoisotopic (exact) mass is 479 g/mol. The summed E-state index contributed by atoms with van der Waals surface area (Å²) in [5.41, 5.74) is 1.65. The number of hydrogen-bond acceptors (Lipinski definition) is 6. The second kappa shape index (κ2) is 11.2. The minimum absolute atomic E-state index is 0.00440. The van der Waals surface area contributed by atoms with Gasteiger partial charge in [-0.05, 0) is 43.7 Å². The third-order valence-electron chi connectivity index (χ3n) is 5.86. The van der Waals surface area contributed by atoms with Gasteiger partial charge >= 0.3 is 0 Å². The van der Waals surface area contributed by atoms with E-state index in [4.69, 9.17) is 4.74 Å². The number of nitrogens with zero attached hydrogens (tertiary/aromatic N) is 4. The molecule has 9 heteroatoms. The van der Waals surface area contributed by atoms with Crippen molar-refractivity contribution in [3.8, 4) is 17.1 Å². The molecule has 8 nitrogen and oxygen atoms in total. The molecular formula is C26H30FN5O3. The first-order chi connectivity index (χ1) is 16.9. The van der Waals surface area contributed by atoms with Crippen LogP contribution in [0.1, 0.15) is 31.5 Å². The van der Waals surface area contributed by atoms with E-state index in [1.807, 2.05) is 36.9 Å². The number of benzene rings is 2. The maximum absolute atomic E-state index is 13.1. The predicted molar refractivity (Wildman–Crippen MR) is 130 cm³/mol. The molecule has 2 heterocycles. The van der Waals surface area contributed by atoms with Crippen LogP contribution in [0.2, 0.25) is 0 Å². The summed E-state index contributed by atoms with van der Waals surface area (Å²) in [5.74, 6) is 0.798. The minimum atomic E-state index is -0.345. The second-order valence-corrected chi connectivity index (χ2v) is 8.93. The number of aryl methyl sites for hydroxylation is 1. The highest BCUT2D eigenvalue weighted by molar-refractivity contribution is 5.76. The lowest BCUT2D eigenvalue weighted by Crippen LogP contribution is -2.48. The van der Waals surface area contributed by atoms with E-state index < -0.39 is 0 Å². The average Bonchev–Trinajstić information content (AvgIpc) is 2.85. The molecule has 1 amide bonds. The molecule has 0 unspecified atom stereocenters. The van der Waals surface area contributed by atoms with Crippen molar-refractivity contribution in [1.82, 2.24) is 25.0 Å². The number of halogens is 1. The number of nitrogens with one attached hydrogen (secondary N) is 1. The van der Waals surface area contributed by atoms with E-state index in [9.17, 15) is 14.0 Å². The van der Waals surface area contributed by atoms with Crippen molar-refractivity contribution in [2.75, 3.05) is 26.2 Å². The highest BCUT2D eigenvalue weighted by atomic mass is 19.1. The fourth-order valence-corrected chi connectivity index (χ4v) is 4.03. The Balaban J connectivity index is 1.28. The molecule has 1 N–H and O–H groups in total. The standard InChI is InChI=1S/C26H30FN5O3/c1-18(2)35-22-5-3-4-20(16-22)25-28-26(34)23(29-30-25)10-11-24(33)32-14-12-31(13-15-32)17-19-6-8-21(27)9-7-19/h3-9,16,18H,10-15,17H2,1-2H3,(H,28,30,34). The van der Waals surface area contributed by atoms with Crippen molar-refractivity contribution in [1.29, 1.82) is 0 Å². The quantitative estimate of drug-likeness (QED) is 0.534. The Morgan fingerprint density at radius 1 is 1.09 bits per heavy atom. The van der Waals surface area contributed by atoms with E-state index in [-0.39, 0.29) is 41.9 Å². The van der Waals surface area contributed by atoms with Crippen LogP contribution in [-0.2, 0) is 17.8 Å². The van der Waals surface area contributed by atoms with Crippen LogP contribution in [0, 0.1) is 5.82 Å². The average molecular weight is 480 g/mol. The Bertz CT molecular complexity index is 1200. The number of carbonyl (C=O) groups excluding carboxylic acids is 1. The van der Waals surface area contributed by atoms with Gasteiger partial charge in [0.1, 0.15) is 17.3 Å². The SMILES string of the molecule is CC(C)Oc1cccc(-c2nnc(CCC(=O)N3CCN(Cc4ccc(F)cc4)CC3)c(=O)[nH]2)c1. The topological polar surface area (TPSA) is 91.4 Å². The smallest absolute Gasteiger partial charge is 0.273 e. The number of aromatic amines is 1. The Labute approximate surface area is 203 Å².